The quantitative estimate of drug-likeness (QED) is 0.899. The maximum Gasteiger partial charge on any atom is 0.244 e. The highest BCUT2D eigenvalue weighted by molar-refractivity contribution is 9.10. The number of aliphatic hydroxyl groups excluding tert-OH is 1. The summed E-state index contributed by atoms with van der Waals surface area (Å²) in [5.74, 6) is 0.484. The molecule has 0 saturated carbocycles. The van der Waals surface area contributed by atoms with E-state index in [1.54, 1.807) is 18.2 Å². The van der Waals surface area contributed by atoms with E-state index in [0.29, 0.717) is 36.2 Å². The predicted octanol–water partition coefficient (Wildman–Crippen LogP) is 1.60. The van der Waals surface area contributed by atoms with Crippen molar-refractivity contribution in [1.29, 1.82) is 0 Å². The highest BCUT2D eigenvalue weighted by Gasteiger charge is 2.30. The summed E-state index contributed by atoms with van der Waals surface area (Å²) < 4.78 is 32.0. The topological polar surface area (TPSA) is 66.8 Å². The van der Waals surface area contributed by atoms with Crippen molar-refractivity contribution >= 4 is 26.0 Å². The molecule has 0 aliphatic carbocycles. The molecule has 19 heavy (non-hydrogen) atoms. The number of hydrogen-bond acceptors (Lipinski definition) is 4. The Hall–Kier alpha value is -0.630. The zero-order valence-electron chi connectivity index (χ0n) is 10.5. The van der Waals surface area contributed by atoms with E-state index in [1.807, 2.05) is 0 Å². The first kappa shape index (κ1) is 14.8. The summed E-state index contributed by atoms with van der Waals surface area (Å²) in [6.45, 7) is 0.681. The molecule has 7 heteroatoms. The Kier molecular flexibility index (Phi) is 4.50. The second-order valence-electron chi connectivity index (χ2n) is 4.41. The van der Waals surface area contributed by atoms with Crippen molar-refractivity contribution < 1.29 is 18.3 Å². The average molecular weight is 350 g/mol. The number of sulfonamides is 1. The van der Waals surface area contributed by atoms with Crippen LogP contribution >= 0.6 is 15.9 Å². The first-order valence-corrected chi connectivity index (χ1v) is 8.21. The summed E-state index contributed by atoms with van der Waals surface area (Å²) in [7, 11) is -2.06. The van der Waals surface area contributed by atoms with Crippen molar-refractivity contribution in [2.45, 2.75) is 23.8 Å². The van der Waals surface area contributed by atoms with E-state index < -0.39 is 16.1 Å². The van der Waals surface area contributed by atoms with E-state index in [1.165, 1.54) is 11.4 Å². The standard InChI is InChI=1S/C12H16BrNO4S/c1-18-10-3-2-4-11(12(10)13)19(16,17)14-7-5-9(15)6-8-14/h2-4,9,15H,5-8H2,1H3. The molecule has 1 fully saturated rings. The molecule has 2 rings (SSSR count). The lowest BCUT2D eigenvalue weighted by Crippen LogP contribution is -2.40. The van der Waals surface area contributed by atoms with Crippen LogP contribution in [0.1, 0.15) is 12.8 Å². The molecule has 1 heterocycles. The molecule has 1 aliphatic rings. The van der Waals surface area contributed by atoms with Crippen LogP contribution in [-0.2, 0) is 10.0 Å². The molecule has 0 spiro atoms. The molecular weight excluding hydrogens is 334 g/mol. The van der Waals surface area contributed by atoms with Gasteiger partial charge in [-0.05, 0) is 40.9 Å². The van der Waals surface area contributed by atoms with Crippen molar-refractivity contribution in [1.82, 2.24) is 4.31 Å². The number of halogens is 1. The number of benzene rings is 1. The molecular formula is C12H16BrNO4S. The van der Waals surface area contributed by atoms with Gasteiger partial charge in [0.2, 0.25) is 10.0 Å². The second-order valence-corrected chi connectivity index (χ2v) is 7.11. The van der Waals surface area contributed by atoms with E-state index in [0.717, 1.165) is 0 Å². The molecule has 0 amide bonds. The van der Waals surface area contributed by atoms with E-state index in [9.17, 15) is 13.5 Å². The number of rotatable bonds is 3. The zero-order chi connectivity index (χ0) is 14.0. The zero-order valence-corrected chi connectivity index (χ0v) is 12.9. The van der Waals surface area contributed by atoms with E-state index >= 15 is 0 Å². The maximum absolute atomic E-state index is 12.5. The van der Waals surface area contributed by atoms with Gasteiger partial charge < -0.3 is 9.84 Å². The van der Waals surface area contributed by atoms with Crippen LogP contribution in [0.25, 0.3) is 0 Å². The summed E-state index contributed by atoms with van der Waals surface area (Å²) in [5.41, 5.74) is 0. The SMILES string of the molecule is COc1cccc(S(=O)(=O)N2CCC(O)CC2)c1Br. The number of hydrogen-bond donors (Lipinski definition) is 1. The third-order valence-electron chi connectivity index (χ3n) is 3.19. The second kappa shape index (κ2) is 5.78. The molecule has 0 radical (unpaired) electrons. The fourth-order valence-electron chi connectivity index (χ4n) is 2.07. The lowest BCUT2D eigenvalue weighted by molar-refractivity contribution is 0.113. The maximum atomic E-state index is 12.5. The normalized spacial score (nSPS) is 18.5. The minimum absolute atomic E-state index is 0.197. The summed E-state index contributed by atoms with van der Waals surface area (Å²) in [5, 5.41) is 9.45. The molecule has 1 aromatic carbocycles. The number of ether oxygens (including phenoxy) is 1. The van der Waals surface area contributed by atoms with Gasteiger partial charge in [0.1, 0.15) is 10.6 Å². The predicted molar refractivity (Wildman–Crippen MR) is 74.7 cm³/mol. The minimum Gasteiger partial charge on any atom is -0.496 e. The largest absolute Gasteiger partial charge is 0.496 e. The summed E-state index contributed by atoms with van der Waals surface area (Å²) >= 11 is 3.28. The lowest BCUT2D eigenvalue weighted by Gasteiger charge is -2.29. The Morgan fingerprint density at radius 1 is 1.37 bits per heavy atom. The Labute approximate surface area is 121 Å². The number of methoxy groups -OCH3 is 1. The highest BCUT2D eigenvalue weighted by Crippen LogP contribution is 2.33. The smallest absolute Gasteiger partial charge is 0.244 e. The molecule has 0 aromatic heterocycles. The van der Waals surface area contributed by atoms with Gasteiger partial charge in [-0.2, -0.15) is 4.31 Å². The Balaban J connectivity index is 2.35. The van der Waals surface area contributed by atoms with Crippen LogP contribution in [0.15, 0.2) is 27.6 Å². The van der Waals surface area contributed by atoms with Crippen molar-refractivity contribution in [2.24, 2.45) is 0 Å². The van der Waals surface area contributed by atoms with E-state index in [2.05, 4.69) is 15.9 Å². The highest BCUT2D eigenvalue weighted by atomic mass is 79.9. The van der Waals surface area contributed by atoms with Crippen LogP contribution < -0.4 is 4.74 Å². The first-order valence-electron chi connectivity index (χ1n) is 5.97. The van der Waals surface area contributed by atoms with Crippen molar-refractivity contribution in [3.63, 3.8) is 0 Å². The van der Waals surface area contributed by atoms with Crippen LogP contribution in [0.2, 0.25) is 0 Å². The number of nitrogens with zero attached hydrogens (tertiary/aromatic N) is 1. The van der Waals surface area contributed by atoms with Gasteiger partial charge in [0.15, 0.2) is 0 Å². The summed E-state index contributed by atoms with van der Waals surface area (Å²) in [6, 6.07) is 4.89. The van der Waals surface area contributed by atoms with Crippen molar-refractivity contribution in [2.75, 3.05) is 20.2 Å². The van der Waals surface area contributed by atoms with Gasteiger partial charge in [0, 0.05) is 13.1 Å². The lowest BCUT2D eigenvalue weighted by atomic mass is 10.1. The molecule has 1 aliphatic heterocycles. The van der Waals surface area contributed by atoms with E-state index in [4.69, 9.17) is 4.74 Å². The van der Waals surface area contributed by atoms with Crippen LogP contribution in [-0.4, -0.2) is 44.1 Å². The molecule has 5 nitrogen and oxygen atoms in total. The Morgan fingerprint density at radius 2 is 2.00 bits per heavy atom. The molecule has 0 bridgehead atoms. The monoisotopic (exact) mass is 349 g/mol. The van der Waals surface area contributed by atoms with E-state index in [-0.39, 0.29) is 4.90 Å². The molecule has 1 N–H and O–H groups in total. The van der Waals surface area contributed by atoms with Gasteiger partial charge in [-0.25, -0.2) is 8.42 Å². The molecule has 0 unspecified atom stereocenters. The van der Waals surface area contributed by atoms with Crippen LogP contribution in [0.4, 0.5) is 0 Å². The number of aliphatic hydroxyl groups is 1. The first-order chi connectivity index (χ1) is 8.96. The fourth-order valence-corrected chi connectivity index (χ4v) is 4.66. The number of piperidine rings is 1. The average Bonchev–Trinajstić information content (AvgIpc) is 2.39. The van der Waals surface area contributed by atoms with Crippen LogP contribution in [0, 0.1) is 0 Å². The van der Waals surface area contributed by atoms with Crippen molar-refractivity contribution in [3.05, 3.63) is 22.7 Å². The van der Waals surface area contributed by atoms with Gasteiger partial charge in [-0.3, -0.25) is 0 Å². The van der Waals surface area contributed by atoms with Crippen LogP contribution in [0.5, 0.6) is 5.75 Å². The van der Waals surface area contributed by atoms with Gasteiger partial charge >= 0.3 is 0 Å². The third kappa shape index (κ3) is 2.94. The van der Waals surface area contributed by atoms with Gasteiger partial charge in [-0.1, -0.05) is 6.07 Å². The van der Waals surface area contributed by atoms with Gasteiger partial charge in [0.25, 0.3) is 0 Å². The van der Waals surface area contributed by atoms with Gasteiger partial charge in [0.05, 0.1) is 17.7 Å². The van der Waals surface area contributed by atoms with Gasteiger partial charge in [-0.15, -0.1) is 0 Å². The Morgan fingerprint density at radius 3 is 2.58 bits per heavy atom. The third-order valence-corrected chi connectivity index (χ3v) is 6.21. The summed E-state index contributed by atoms with van der Waals surface area (Å²) in [4.78, 5) is 0.197. The fraction of sp³-hybridized carbons (Fsp3) is 0.500. The Bertz CT molecular complexity index is 553. The molecule has 106 valence electrons. The molecule has 0 atom stereocenters. The summed E-state index contributed by atoms with van der Waals surface area (Å²) in [6.07, 6.45) is 0.543. The molecule has 1 aromatic rings. The van der Waals surface area contributed by atoms with Crippen LogP contribution in [0.3, 0.4) is 0 Å². The van der Waals surface area contributed by atoms with Crippen molar-refractivity contribution in [3.8, 4) is 5.75 Å². The molecule has 1 saturated heterocycles. The minimum atomic E-state index is -3.55.